The number of carbonyl (C=O) groups is 1. The quantitative estimate of drug-likeness (QED) is 0.839. The predicted octanol–water partition coefficient (Wildman–Crippen LogP) is 1.63. The summed E-state index contributed by atoms with van der Waals surface area (Å²) in [4.78, 5) is 16.2. The minimum Gasteiger partial charge on any atom is -0.399 e. The number of nitrogens with zero attached hydrogens (tertiary/aromatic N) is 1. The van der Waals surface area contributed by atoms with Crippen LogP contribution < -0.4 is 11.1 Å². The molecule has 0 aliphatic heterocycles. The van der Waals surface area contributed by atoms with E-state index in [0.29, 0.717) is 5.69 Å². The molecule has 0 radical (unpaired) electrons. The molecule has 0 aliphatic rings. The van der Waals surface area contributed by atoms with Gasteiger partial charge in [-0.05, 0) is 37.3 Å². The smallest absolute Gasteiger partial charge is 0.255 e. The molecule has 0 fully saturated rings. The Balaban J connectivity index is 2.31. The van der Waals surface area contributed by atoms with Gasteiger partial charge in [0.05, 0.1) is 16.8 Å². The van der Waals surface area contributed by atoms with Crippen LogP contribution in [-0.4, -0.2) is 25.6 Å². The third-order valence-corrected chi connectivity index (χ3v) is 3.88. The first-order valence-electron chi connectivity index (χ1n) is 6.10. The van der Waals surface area contributed by atoms with Crippen LogP contribution in [0.4, 0.5) is 11.4 Å². The Labute approximate surface area is 122 Å². The monoisotopic (exact) mass is 305 g/mol. The van der Waals surface area contributed by atoms with Crippen LogP contribution in [0.25, 0.3) is 0 Å². The van der Waals surface area contributed by atoms with Crippen molar-refractivity contribution >= 4 is 27.1 Å². The Bertz CT molecular complexity index is 784. The summed E-state index contributed by atoms with van der Waals surface area (Å²) in [7, 11) is -3.43. The number of nitrogen functional groups attached to an aromatic ring is 1. The standard InChI is InChI=1S/C14H15N3O3S/c1-9-3-4-12(8-16-9)17-14(18)10-5-11(15)7-13(6-10)21(2,19)20/h3-8H,15H2,1-2H3,(H,17,18). The topological polar surface area (TPSA) is 102 Å². The van der Waals surface area contributed by atoms with Crippen LogP contribution in [-0.2, 0) is 9.84 Å². The lowest BCUT2D eigenvalue weighted by molar-refractivity contribution is 0.102. The highest BCUT2D eigenvalue weighted by Crippen LogP contribution is 2.18. The fourth-order valence-corrected chi connectivity index (χ4v) is 2.40. The summed E-state index contributed by atoms with van der Waals surface area (Å²) in [6.45, 7) is 1.84. The Hall–Kier alpha value is -2.41. The second-order valence-electron chi connectivity index (χ2n) is 4.71. The zero-order valence-corrected chi connectivity index (χ0v) is 12.4. The second-order valence-corrected chi connectivity index (χ2v) is 6.72. The number of benzene rings is 1. The fourth-order valence-electron chi connectivity index (χ4n) is 1.71. The molecule has 0 saturated heterocycles. The van der Waals surface area contributed by atoms with Gasteiger partial charge in [0.25, 0.3) is 5.91 Å². The molecule has 6 nitrogen and oxygen atoms in total. The molecule has 3 N–H and O–H groups in total. The van der Waals surface area contributed by atoms with E-state index in [9.17, 15) is 13.2 Å². The third-order valence-electron chi connectivity index (χ3n) is 2.79. The Morgan fingerprint density at radius 2 is 1.95 bits per heavy atom. The summed E-state index contributed by atoms with van der Waals surface area (Å²) in [5.74, 6) is -0.446. The fraction of sp³-hybridized carbons (Fsp3) is 0.143. The van der Waals surface area contributed by atoms with Crippen molar-refractivity contribution in [2.24, 2.45) is 0 Å². The average Bonchev–Trinajstić information content (AvgIpc) is 2.39. The highest BCUT2D eigenvalue weighted by atomic mass is 32.2. The number of nitrogens with one attached hydrogen (secondary N) is 1. The number of anilines is 2. The lowest BCUT2D eigenvalue weighted by Gasteiger charge is -2.08. The normalized spacial score (nSPS) is 11.1. The van der Waals surface area contributed by atoms with Crippen LogP contribution in [0.1, 0.15) is 16.1 Å². The number of aromatic nitrogens is 1. The number of nitrogens with two attached hydrogens (primary N) is 1. The van der Waals surface area contributed by atoms with Gasteiger partial charge < -0.3 is 11.1 Å². The molecule has 1 amide bonds. The van der Waals surface area contributed by atoms with Gasteiger partial charge in [0, 0.05) is 23.2 Å². The van der Waals surface area contributed by atoms with Crippen molar-refractivity contribution in [2.45, 2.75) is 11.8 Å². The minimum absolute atomic E-state index is 0.00896. The van der Waals surface area contributed by atoms with Gasteiger partial charge in [0.1, 0.15) is 0 Å². The number of amides is 1. The summed E-state index contributed by atoms with van der Waals surface area (Å²) in [6, 6.07) is 7.51. The van der Waals surface area contributed by atoms with E-state index in [-0.39, 0.29) is 16.1 Å². The van der Waals surface area contributed by atoms with Gasteiger partial charge in [0.2, 0.25) is 0 Å². The Morgan fingerprint density at radius 1 is 1.24 bits per heavy atom. The van der Waals surface area contributed by atoms with Gasteiger partial charge in [-0.3, -0.25) is 9.78 Å². The molecule has 21 heavy (non-hydrogen) atoms. The SMILES string of the molecule is Cc1ccc(NC(=O)c2cc(N)cc(S(C)(=O)=O)c2)cn1. The molecule has 0 saturated carbocycles. The summed E-state index contributed by atoms with van der Waals surface area (Å²) < 4.78 is 23.1. The zero-order valence-electron chi connectivity index (χ0n) is 11.6. The number of carbonyl (C=O) groups excluding carboxylic acids is 1. The van der Waals surface area contributed by atoms with Gasteiger partial charge in [-0.1, -0.05) is 0 Å². The minimum atomic E-state index is -3.43. The molecule has 1 aromatic carbocycles. The first-order chi connectivity index (χ1) is 9.75. The van der Waals surface area contributed by atoms with E-state index in [2.05, 4.69) is 10.3 Å². The van der Waals surface area contributed by atoms with Gasteiger partial charge in [-0.25, -0.2) is 8.42 Å². The lowest BCUT2D eigenvalue weighted by Crippen LogP contribution is -2.13. The van der Waals surface area contributed by atoms with Crippen LogP contribution in [0.15, 0.2) is 41.4 Å². The van der Waals surface area contributed by atoms with Crippen molar-refractivity contribution in [3.8, 4) is 0 Å². The molecule has 0 aliphatic carbocycles. The first-order valence-corrected chi connectivity index (χ1v) is 7.99. The molecule has 0 spiro atoms. The maximum absolute atomic E-state index is 12.1. The summed E-state index contributed by atoms with van der Waals surface area (Å²) >= 11 is 0. The lowest BCUT2D eigenvalue weighted by atomic mass is 10.2. The highest BCUT2D eigenvalue weighted by Gasteiger charge is 2.13. The molecular formula is C14H15N3O3S. The molecule has 1 aromatic heterocycles. The van der Waals surface area contributed by atoms with Crippen molar-refractivity contribution < 1.29 is 13.2 Å². The molecular weight excluding hydrogens is 290 g/mol. The van der Waals surface area contributed by atoms with E-state index in [1.54, 1.807) is 12.1 Å². The summed E-state index contributed by atoms with van der Waals surface area (Å²) in [6.07, 6.45) is 2.59. The van der Waals surface area contributed by atoms with Crippen molar-refractivity contribution in [1.29, 1.82) is 0 Å². The maximum Gasteiger partial charge on any atom is 0.255 e. The second kappa shape index (κ2) is 5.53. The predicted molar refractivity (Wildman–Crippen MR) is 80.9 cm³/mol. The molecule has 0 unspecified atom stereocenters. The third kappa shape index (κ3) is 3.79. The summed E-state index contributed by atoms with van der Waals surface area (Å²) in [5.41, 5.74) is 7.39. The highest BCUT2D eigenvalue weighted by molar-refractivity contribution is 7.90. The molecule has 7 heteroatoms. The number of sulfone groups is 1. The molecule has 2 rings (SSSR count). The maximum atomic E-state index is 12.1. The van der Waals surface area contributed by atoms with E-state index in [0.717, 1.165) is 11.9 Å². The Kier molecular flexibility index (Phi) is 3.95. The van der Waals surface area contributed by atoms with Gasteiger partial charge in [0.15, 0.2) is 9.84 Å². The number of hydrogen-bond acceptors (Lipinski definition) is 5. The van der Waals surface area contributed by atoms with Gasteiger partial charge >= 0.3 is 0 Å². The van der Waals surface area contributed by atoms with Crippen molar-refractivity contribution in [1.82, 2.24) is 4.98 Å². The van der Waals surface area contributed by atoms with Crippen LogP contribution in [0.5, 0.6) is 0 Å². The van der Waals surface area contributed by atoms with E-state index < -0.39 is 15.7 Å². The molecule has 0 bridgehead atoms. The largest absolute Gasteiger partial charge is 0.399 e. The van der Waals surface area contributed by atoms with E-state index in [1.165, 1.54) is 24.4 Å². The molecule has 0 atom stereocenters. The van der Waals surface area contributed by atoms with Crippen LogP contribution in [0.2, 0.25) is 0 Å². The Morgan fingerprint density at radius 3 is 2.52 bits per heavy atom. The van der Waals surface area contributed by atoms with Crippen LogP contribution in [0.3, 0.4) is 0 Å². The van der Waals surface area contributed by atoms with Crippen LogP contribution in [0, 0.1) is 6.92 Å². The number of rotatable bonds is 3. The number of hydrogen-bond donors (Lipinski definition) is 2. The van der Waals surface area contributed by atoms with Crippen molar-refractivity contribution in [3.63, 3.8) is 0 Å². The number of aryl methyl sites for hydroxylation is 1. The van der Waals surface area contributed by atoms with E-state index >= 15 is 0 Å². The van der Waals surface area contributed by atoms with E-state index in [4.69, 9.17) is 5.73 Å². The average molecular weight is 305 g/mol. The zero-order chi connectivity index (χ0) is 15.6. The molecule has 1 heterocycles. The van der Waals surface area contributed by atoms with Gasteiger partial charge in [-0.15, -0.1) is 0 Å². The van der Waals surface area contributed by atoms with Crippen LogP contribution >= 0.6 is 0 Å². The van der Waals surface area contributed by atoms with E-state index in [1.807, 2.05) is 6.92 Å². The van der Waals surface area contributed by atoms with Gasteiger partial charge in [-0.2, -0.15) is 0 Å². The number of pyridine rings is 1. The van der Waals surface area contributed by atoms with Crippen molar-refractivity contribution in [2.75, 3.05) is 17.3 Å². The first kappa shape index (κ1) is 15.0. The molecule has 110 valence electrons. The molecule has 2 aromatic rings. The van der Waals surface area contributed by atoms with Crippen molar-refractivity contribution in [3.05, 3.63) is 47.8 Å². The summed E-state index contributed by atoms with van der Waals surface area (Å²) in [5, 5.41) is 2.64.